The van der Waals surface area contributed by atoms with Gasteiger partial charge >= 0.3 is 0 Å². The predicted octanol–water partition coefficient (Wildman–Crippen LogP) is 4.52. The molecule has 0 N–H and O–H groups in total. The van der Waals surface area contributed by atoms with Crippen LogP contribution in [0.3, 0.4) is 0 Å². The maximum Gasteiger partial charge on any atom is 0.133 e. The molecular formula is C19H21NO. The summed E-state index contributed by atoms with van der Waals surface area (Å²) >= 11 is 0. The first-order chi connectivity index (χ1) is 10.2. The van der Waals surface area contributed by atoms with Crippen LogP contribution in [-0.2, 0) is 11.0 Å². The van der Waals surface area contributed by atoms with Gasteiger partial charge in [-0.2, -0.15) is 0 Å². The van der Waals surface area contributed by atoms with E-state index in [1.807, 2.05) is 6.26 Å². The van der Waals surface area contributed by atoms with Crippen LogP contribution in [0.2, 0.25) is 0 Å². The molecule has 0 radical (unpaired) electrons. The lowest BCUT2D eigenvalue weighted by Gasteiger charge is -2.68. The van der Waals surface area contributed by atoms with Gasteiger partial charge in [-0.1, -0.05) is 18.2 Å². The van der Waals surface area contributed by atoms with E-state index in [4.69, 9.17) is 4.42 Å². The molecule has 21 heavy (non-hydrogen) atoms. The quantitative estimate of drug-likeness (QED) is 0.763. The molecule has 2 bridgehead atoms. The number of aryl methyl sites for hydroxylation is 1. The molecule has 3 fully saturated rings. The second kappa shape index (κ2) is 3.55. The van der Waals surface area contributed by atoms with Crippen LogP contribution in [0.1, 0.15) is 49.5 Å². The Labute approximate surface area is 125 Å². The summed E-state index contributed by atoms with van der Waals surface area (Å²) in [5, 5.41) is 0. The van der Waals surface area contributed by atoms with E-state index in [-0.39, 0.29) is 5.54 Å². The molecule has 2 nitrogen and oxygen atoms in total. The Balaban J connectivity index is 1.80. The third kappa shape index (κ3) is 1.14. The van der Waals surface area contributed by atoms with Crippen molar-refractivity contribution in [1.82, 2.24) is 0 Å². The van der Waals surface area contributed by atoms with Gasteiger partial charge in [0.25, 0.3) is 0 Å². The van der Waals surface area contributed by atoms with Crippen LogP contribution in [0, 0.1) is 6.92 Å². The second-order valence-electron chi connectivity index (χ2n) is 7.18. The van der Waals surface area contributed by atoms with Crippen molar-refractivity contribution in [3.05, 3.63) is 53.5 Å². The smallest absolute Gasteiger partial charge is 0.133 e. The topological polar surface area (TPSA) is 16.4 Å². The first-order valence-electron chi connectivity index (χ1n) is 8.12. The number of nitrogens with zero attached hydrogens (tertiary/aromatic N) is 1. The fourth-order valence-corrected chi connectivity index (χ4v) is 5.55. The van der Waals surface area contributed by atoms with Gasteiger partial charge < -0.3 is 9.32 Å². The molecule has 0 spiro atoms. The zero-order valence-electron chi connectivity index (χ0n) is 12.7. The van der Waals surface area contributed by atoms with Crippen molar-refractivity contribution in [3.8, 4) is 0 Å². The lowest BCUT2D eigenvalue weighted by Crippen LogP contribution is -2.71. The normalized spacial score (nSPS) is 36.1. The second-order valence-corrected chi connectivity index (χ2v) is 7.18. The van der Waals surface area contributed by atoms with E-state index < -0.39 is 0 Å². The lowest BCUT2D eigenvalue weighted by atomic mass is 9.49. The molecule has 1 unspecified atom stereocenters. The largest absolute Gasteiger partial charge is 0.467 e. The highest BCUT2D eigenvalue weighted by atomic mass is 16.3. The first-order valence-corrected chi connectivity index (χ1v) is 8.12. The molecular weight excluding hydrogens is 258 g/mol. The number of piperidine rings is 2. The van der Waals surface area contributed by atoms with Crippen LogP contribution < -0.4 is 4.90 Å². The molecule has 0 amide bonds. The summed E-state index contributed by atoms with van der Waals surface area (Å²) in [6.45, 7) is 4.66. The van der Waals surface area contributed by atoms with Crippen molar-refractivity contribution < 1.29 is 4.42 Å². The molecule has 3 aliphatic heterocycles. The summed E-state index contributed by atoms with van der Waals surface area (Å²) in [6, 6.07) is 11.6. The Hall–Kier alpha value is -1.70. The van der Waals surface area contributed by atoms with Gasteiger partial charge in [0.15, 0.2) is 0 Å². The molecule has 2 aromatic rings. The Morgan fingerprint density at radius 1 is 1.10 bits per heavy atom. The Morgan fingerprint density at radius 2 is 1.86 bits per heavy atom. The van der Waals surface area contributed by atoms with E-state index >= 15 is 0 Å². The average Bonchev–Trinajstić information content (AvgIpc) is 3.02. The van der Waals surface area contributed by atoms with Crippen molar-refractivity contribution in [2.24, 2.45) is 0 Å². The van der Waals surface area contributed by atoms with Gasteiger partial charge in [0, 0.05) is 22.7 Å². The fourth-order valence-electron chi connectivity index (χ4n) is 5.55. The summed E-state index contributed by atoms with van der Waals surface area (Å²) in [5.41, 5.74) is 4.70. The molecule has 1 atom stereocenters. The maximum atomic E-state index is 6.01. The van der Waals surface area contributed by atoms with Gasteiger partial charge in [0.05, 0.1) is 11.8 Å². The first kappa shape index (κ1) is 11.9. The SMILES string of the molecule is Cc1ccccc1N1C(C)C23CCC1(CC2)c1occc13. The van der Waals surface area contributed by atoms with E-state index in [2.05, 4.69) is 49.1 Å². The average molecular weight is 279 g/mol. The van der Waals surface area contributed by atoms with E-state index in [1.165, 1.54) is 48.3 Å². The molecule has 1 aromatic heterocycles. The minimum atomic E-state index is 0.102. The summed E-state index contributed by atoms with van der Waals surface area (Å²) in [6.07, 6.45) is 7.05. The summed E-state index contributed by atoms with van der Waals surface area (Å²) in [5.74, 6) is 1.27. The van der Waals surface area contributed by atoms with E-state index in [1.54, 1.807) is 0 Å². The standard InChI is InChI=1S/C19H21NO/c1-13-5-3-4-6-16(13)20-14(2)18-8-10-19(20,11-9-18)17-15(18)7-12-21-17/h3-7,12,14H,8-11H2,1-2H3. The number of rotatable bonds is 1. The third-order valence-electron chi connectivity index (χ3n) is 6.62. The fraction of sp³-hybridized carbons (Fsp3) is 0.474. The lowest BCUT2D eigenvalue weighted by molar-refractivity contribution is 0.0373. The highest BCUT2D eigenvalue weighted by molar-refractivity contribution is 5.64. The van der Waals surface area contributed by atoms with Gasteiger partial charge in [-0.05, 0) is 57.2 Å². The monoisotopic (exact) mass is 279 g/mol. The number of hydrogen-bond acceptors (Lipinski definition) is 2. The number of furan rings is 1. The predicted molar refractivity (Wildman–Crippen MR) is 83.7 cm³/mol. The maximum absolute atomic E-state index is 6.01. The van der Waals surface area contributed by atoms with Crippen molar-refractivity contribution in [1.29, 1.82) is 0 Å². The molecule has 2 heteroatoms. The van der Waals surface area contributed by atoms with Gasteiger partial charge in [-0.15, -0.1) is 0 Å². The molecule has 2 saturated heterocycles. The summed E-state index contributed by atoms with van der Waals surface area (Å²) in [4.78, 5) is 2.70. The van der Waals surface area contributed by atoms with E-state index in [0.717, 1.165) is 0 Å². The van der Waals surface area contributed by atoms with Crippen LogP contribution in [0.15, 0.2) is 41.0 Å². The van der Waals surface area contributed by atoms with Gasteiger partial charge in [-0.3, -0.25) is 0 Å². The van der Waals surface area contributed by atoms with Gasteiger partial charge in [0.1, 0.15) is 5.76 Å². The highest BCUT2D eigenvalue weighted by Gasteiger charge is 2.66. The molecule has 3 aliphatic carbocycles. The van der Waals surface area contributed by atoms with Crippen molar-refractivity contribution in [2.45, 2.75) is 56.5 Å². The van der Waals surface area contributed by atoms with Gasteiger partial charge in [-0.25, -0.2) is 0 Å². The highest BCUT2D eigenvalue weighted by Crippen LogP contribution is 2.66. The van der Waals surface area contributed by atoms with E-state index in [0.29, 0.717) is 11.5 Å². The number of anilines is 1. The van der Waals surface area contributed by atoms with Crippen LogP contribution in [0.4, 0.5) is 5.69 Å². The third-order valence-corrected chi connectivity index (χ3v) is 6.62. The Bertz CT molecular complexity index is 721. The van der Waals surface area contributed by atoms with Crippen molar-refractivity contribution in [3.63, 3.8) is 0 Å². The molecule has 6 aliphatic rings. The van der Waals surface area contributed by atoms with Crippen LogP contribution >= 0.6 is 0 Å². The van der Waals surface area contributed by atoms with Crippen LogP contribution in [-0.4, -0.2) is 6.04 Å². The van der Waals surface area contributed by atoms with Crippen LogP contribution in [0.5, 0.6) is 0 Å². The summed E-state index contributed by atoms with van der Waals surface area (Å²) < 4.78 is 6.01. The molecule has 1 aromatic carbocycles. The zero-order valence-corrected chi connectivity index (χ0v) is 12.7. The Morgan fingerprint density at radius 3 is 2.62 bits per heavy atom. The van der Waals surface area contributed by atoms with Crippen LogP contribution in [0.25, 0.3) is 0 Å². The molecule has 1 saturated carbocycles. The Kier molecular flexibility index (Phi) is 2.01. The summed E-state index contributed by atoms with van der Waals surface area (Å²) in [7, 11) is 0. The zero-order chi connectivity index (χ0) is 14.2. The molecule has 4 heterocycles. The molecule has 108 valence electrons. The van der Waals surface area contributed by atoms with Gasteiger partial charge in [0.2, 0.25) is 0 Å². The number of para-hydroxylation sites is 1. The molecule has 8 rings (SSSR count). The van der Waals surface area contributed by atoms with Crippen molar-refractivity contribution >= 4 is 5.69 Å². The number of hydrogen-bond donors (Lipinski definition) is 0. The minimum absolute atomic E-state index is 0.102. The minimum Gasteiger partial charge on any atom is -0.467 e. The number of benzene rings is 1. The van der Waals surface area contributed by atoms with E-state index in [9.17, 15) is 0 Å². The van der Waals surface area contributed by atoms with Crippen molar-refractivity contribution in [2.75, 3.05) is 4.90 Å².